The van der Waals surface area contributed by atoms with Gasteiger partial charge in [0.25, 0.3) is 0 Å². The van der Waals surface area contributed by atoms with Crippen LogP contribution >= 0.6 is 23.2 Å². The van der Waals surface area contributed by atoms with E-state index in [1.54, 1.807) is 4.90 Å². The number of nitrogens with zero attached hydrogens (tertiary/aromatic N) is 2. The number of ether oxygens (including phenoxy) is 1. The second kappa shape index (κ2) is 8.53. The van der Waals surface area contributed by atoms with Crippen molar-refractivity contribution in [1.82, 2.24) is 14.5 Å². The third-order valence-electron chi connectivity index (χ3n) is 4.93. The van der Waals surface area contributed by atoms with Gasteiger partial charge in [0, 0.05) is 32.8 Å². The molecular formula is C17H23Cl2N3O4S. The Labute approximate surface area is 169 Å². The van der Waals surface area contributed by atoms with Crippen LogP contribution in [0.1, 0.15) is 19.8 Å². The number of piperazine rings is 1. The molecule has 2 aliphatic heterocycles. The molecule has 0 saturated carbocycles. The summed E-state index contributed by atoms with van der Waals surface area (Å²) >= 11 is 11.8. The molecule has 0 aliphatic carbocycles. The zero-order valence-electron chi connectivity index (χ0n) is 15.0. The van der Waals surface area contributed by atoms with Crippen molar-refractivity contribution in [2.75, 3.05) is 32.8 Å². The van der Waals surface area contributed by atoms with Crippen LogP contribution in [0.4, 0.5) is 4.79 Å². The predicted octanol–water partition coefficient (Wildman–Crippen LogP) is 2.58. The van der Waals surface area contributed by atoms with E-state index >= 15 is 0 Å². The van der Waals surface area contributed by atoms with E-state index in [0.29, 0.717) is 18.1 Å². The summed E-state index contributed by atoms with van der Waals surface area (Å²) in [4.78, 5) is 14.2. The van der Waals surface area contributed by atoms with Gasteiger partial charge in [-0.25, -0.2) is 13.2 Å². The van der Waals surface area contributed by atoms with Gasteiger partial charge in [0.2, 0.25) is 10.0 Å². The number of hydrogen-bond donors (Lipinski definition) is 1. The van der Waals surface area contributed by atoms with Gasteiger partial charge < -0.3 is 15.0 Å². The second-order valence-corrected chi connectivity index (χ2v) is 9.51. The van der Waals surface area contributed by atoms with Crippen molar-refractivity contribution in [3.8, 4) is 0 Å². The third-order valence-corrected chi connectivity index (χ3v) is 7.56. The van der Waals surface area contributed by atoms with Crippen LogP contribution in [-0.4, -0.2) is 68.6 Å². The molecular weight excluding hydrogens is 413 g/mol. The Kier molecular flexibility index (Phi) is 6.53. The zero-order chi connectivity index (χ0) is 19.6. The Morgan fingerprint density at radius 1 is 1.22 bits per heavy atom. The molecule has 0 unspecified atom stereocenters. The highest BCUT2D eigenvalue weighted by Gasteiger charge is 2.32. The van der Waals surface area contributed by atoms with Crippen molar-refractivity contribution in [3.05, 3.63) is 28.2 Å². The van der Waals surface area contributed by atoms with Crippen molar-refractivity contribution < 1.29 is 17.9 Å². The highest BCUT2D eigenvalue weighted by atomic mass is 35.5. The summed E-state index contributed by atoms with van der Waals surface area (Å²) in [5, 5.41) is 3.45. The maximum atomic E-state index is 12.8. The standard InChI is InChI=1S/C17H23Cl2N3O4S/c1-12(16-3-2-10-26-16)20-17(23)21-6-8-22(9-7-21)27(24,25)13-4-5-14(18)15(19)11-13/h4-5,11-12,16H,2-3,6-10H2,1H3,(H,20,23)/t12-,16+/m1/s1. The number of rotatable bonds is 4. The van der Waals surface area contributed by atoms with E-state index in [-0.39, 0.29) is 41.2 Å². The van der Waals surface area contributed by atoms with E-state index in [9.17, 15) is 13.2 Å². The number of amides is 2. The summed E-state index contributed by atoms with van der Waals surface area (Å²) in [5.74, 6) is 0. The molecule has 27 heavy (non-hydrogen) atoms. The van der Waals surface area contributed by atoms with Crippen LogP contribution in [0.15, 0.2) is 23.1 Å². The van der Waals surface area contributed by atoms with E-state index in [1.165, 1.54) is 22.5 Å². The van der Waals surface area contributed by atoms with E-state index in [1.807, 2.05) is 6.92 Å². The van der Waals surface area contributed by atoms with Gasteiger partial charge in [-0.3, -0.25) is 0 Å². The third kappa shape index (κ3) is 4.68. The lowest BCUT2D eigenvalue weighted by Crippen LogP contribution is -2.55. The Hall–Kier alpha value is -1.06. The normalized spacial score (nSPS) is 22.6. The fourth-order valence-corrected chi connectivity index (χ4v) is 5.11. The molecule has 3 rings (SSSR count). The summed E-state index contributed by atoms with van der Waals surface area (Å²) < 4.78 is 32.5. The van der Waals surface area contributed by atoms with Gasteiger partial charge in [-0.05, 0) is 38.0 Å². The van der Waals surface area contributed by atoms with Gasteiger partial charge in [0.1, 0.15) is 0 Å². The van der Waals surface area contributed by atoms with Crippen molar-refractivity contribution in [2.45, 2.75) is 36.8 Å². The molecule has 2 heterocycles. The molecule has 2 amide bonds. The minimum absolute atomic E-state index is 0.0465. The van der Waals surface area contributed by atoms with Gasteiger partial charge in [0.05, 0.1) is 27.1 Å². The molecule has 150 valence electrons. The minimum atomic E-state index is -3.67. The molecule has 7 nitrogen and oxygen atoms in total. The van der Waals surface area contributed by atoms with Crippen LogP contribution in [0, 0.1) is 0 Å². The number of benzene rings is 1. The summed E-state index contributed by atoms with van der Waals surface area (Å²) in [6.07, 6.45) is 2.00. The highest BCUT2D eigenvalue weighted by Crippen LogP contribution is 2.27. The minimum Gasteiger partial charge on any atom is -0.376 e. The number of carbonyl (C=O) groups is 1. The molecule has 1 aromatic rings. The first-order valence-electron chi connectivity index (χ1n) is 8.91. The fourth-order valence-electron chi connectivity index (χ4n) is 3.29. The topological polar surface area (TPSA) is 79.0 Å². The highest BCUT2D eigenvalue weighted by molar-refractivity contribution is 7.89. The van der Waals surface area contributed by atoms with Gasteiger partial charge >= 0.3 is 6.03 Å². The SMILES string of the molecule is C[C@@H](NC(=O)N1CCN(S(=O)(=O)c2ccc(Cl)c(Cl)c2)CC1)[C@@H]1CCCO1. The van der Waals surface area contributed by atoms with Crippen LogP contribution in [0.25, 0.3) is 0 Å². The second-order valence-electron chi connectivity index (χ2n) is 6.76. The maximum Gasteiger partial charge on any atom is 0.317 e. The number of carbonyl (C=O) groups excluding carboxylic acids is 1. The molecule has 2 aliphatic rings. The van der Waals surface area contributed by atoms with Gasteiger partial charge in [-0.2, -0.15) is 4.31 Å². The lowest BCUT2D eigenvalue weighted by Gasteiger charge is -2.35. The number of sulfonamides is 1. The molecule has 0 spiro atoms. The van der Waals surface area contributed by atoms with E-state index in [0.717, 1.165) is 19.4 Å². The molecule has 0 aromatic heterocycles. The van der Waals surface area contributed by atoms with E-state index < -0.39 is 10.0 Å². The Bertz CT molecular complexity index is 791. The number of halogens is 2. The first-order chi connectivity index (χ1) is 12.8. The first kappa shape index (κ1) is 20.7. The van der Waals surface area contributed by atoms with Crippen molar-refractivity contribution in [3.63, 3.8) is 0 Å². The number of nitrogens with one attached hydrogen (secondary N) is 1. The van der Waals surface area contributed by atoms with E-state index in [4.69, 9.17) is 27.9 Å². The Morgan fingerprint density at radius 2 is 1.93 bits per heavy atom. The monoisotopic (exact) mass is 435 g/mol. The van der Waals surface area contributed by atoms with E-state index in [2.05, 4.69) is 5.32 Å². The summed E-state index contributed by atoms with van der Waals surface area (Å²) in [6.45, 7) is 3.76. The molecule has 2 fully saturated rings. The number of hydrogen-bond acceptors (Lipinski definition) is 4. The molecule has 0 bridgehead atoms. The average molecular weight is 436 g/mol. The van der Waals surface area contributed by atoms with Crippen LogP contribution in [0.3, 0.4) is 0 Å². The van der Waals surface area contributed by atoms with Crippen LogP contribution in [0.5, 0.6) is 0 Å². The van der Waals surface area contributed by atoms with Crippen molar-refractivity contribution in [2.24, 2.45) is 0 Å². The lowest BCUT2D eigenvalue weighted by atomic mass is 10.1. The van der Waals surface area contributed by atoms with Crippen LogP contribution in [0.2, 0.25) is 10.0 Å². The first-order valence-corrected chi connectivity index (χ1v) is 11.1. The Balaban J connectivity index is 1.57. The smallest absolute Gasteiger partial charge is 0.317 e. The lowest BCUT2D eigenvalue weighted by molar-refractivity contribution is 0.0821. The molecule has 2 atom stereocenters. The molecule has 0 radical (unpaired) electrons. The average Bonchev–Trinajstić information content (AvgIpc) is 3.19. The zero-order valence-corrected chi connectivity index (χ0v) is 17.4. The van der Waals surface area contributed by atoms with Gasteiger partial charge in [-0.1, -0.05) is 23.2 Å². The predicted molar refractivity (Wildman–Crippen MR) is 104 cm³/mol. The Morgan fingerprint density at radius 3 is 2.52 bits per heavy atom. The largest absolute Gasteiger partial charge is 0.376 e. The van der Waals surface area contributed by atoms with Gasteiger partial charge in [-0.15, -0.1) is 0 Å². The molecule has 10 heteroatoms. The summed E-state index contributed by atoms with van der Waals surface area (Å²) in [7, 11) is -3.67. The molecule has 1 aromatic carbocycles. The van der Waals surface area contributed by atoms with Crippen molar-refractivity contribution >= 4 is 39.3 Å². The fraction of sp³-hybridized carbons (Fsp3) is 0.588. The van der Waals surface area contributed by atoms with Gasteiger partial charge in [0.15, 0.2) is 0 Å². The summed E-state index contributed by atoms with van der Waals surface area (Å²) in [5.41, 5.74) is 0. The molecule has 1 N–H and O–H groups in total. The molecule has 2 saturated heterocycles. The van der Waals surface area contributed by atoms with Crippen LogP contribution in [-0.2, 0) is 14.8 Å². The maximum absolute atomic E-state index is 12.8. The summed E-state index contributed by atoms with van der Waals surface area (Å²) in [6, 6.07) is 3.99. The van der Waals surface area contributed by atoms with Crippen molar-refractivity contribution in [1.29, 1.82) is 0 Å². The van der Waals surface area contributed by atoms with Crippen LogP contribution < -0.4 is 5.32 Å². The quantitative estimate of drug-likeness (QED) is 0.787. The number of urea groups is 1.